The number of rotatable bonds is 5. The first-order valence-electron chi connectivity index (χ1n) is 5.01. The minimum atomic E-state index is -0.753. The number of hydrogen-bond donors (Lipinski definition) is 3. The minimum absolute atomic E-state index is 0.000718. The molecule has 0 fully saturated rings. The molecule has 1 heterocycles. The van der Waals surface area contributed by atoms with Gasteiger partial charge < -0.3 is 16.4 Å². The molecule has 0 aliphatic carbocycles. The zero-order valence-corrected chi connectivity index (χ0v) is 9.29. The molecule has 0 aliphatic rings. The maximum atomic E-state index is 13.7. The molecule has 0 saturated heterocycles. The topological polar surface area (TPSA) is 97.1 Å². The van der Waals surface area contributed by atoms with Crippen LogP contribution < -0.4 is 16.4 Å². The Morgan fingerprint density at radius 2 is 2.24 bits per heavy atom. The van der Waals surface area contributed by atoms with Gasteiger partial charge in [-0.2, -0.15) is 0 Å². The Morgan fingerprint density at radius 1 is 1.53 bits per heavy atom. The molecule has 0 saturated carbocycles. The number of halogens is 1. The standard InChI is InChI=1S/C10H13FN4O2/c1-2-13-9-8(11)6(3-4-14-9)10(17)15-5-7(12)16/h3-4H,2,5H2,1H3,(H2,12,16)(H,13,14)(H,15,17). The zero-order valence-electron chi connectivity index (χ0n) is 9.29. The number of nitrogens with two attached hydrogens (primary N) is 1. The van der Waals surface area contributed by atoms with Crippen LogP contribution in [-0.4, -0.2) is 29.9 Å². The van der Waals surface area contributed by atoms with Crippen molar-refractivity contribution in [2.24, 2.45) is 5.73 Å². The van der Waals surface area contributed by atoms with E-state index in [0.29, 0.717) is 6.54 Å². The molecule has 0 spiro atoms. The van der Waals surface area contributed by atoms with Gasteiger partial charge in [0.05, 0.1) is 12.1 Å². The third-order valence-electron chi connectivity index (χ3n) is 1.90. The number of nitrogens with zero attached hydrogens (tertiary/aromatic N) is 1. The largest absolute Gasteiger partial charge is 0.368 e. The summed E-state index contributed by atoms with van der Waals surface area (Å²) >= 11 is 0. The average molecular weight is 240 g/mol. The van der Waals surface area contributed by atoms with Crippen LogP contribution in [0.2, 0.25) is 0 Å². The normalized spacial score (nSPS) is 9.76. The molecule has 17 heavy (non-hydrogen) atoms. The molecule has 0 bridgehead atoms. The van der Waals surface area contributed by atoms with Gasteiger partial charge in [-0.25, -0.2) is 9.37 Å². The van der Waals surface area contributed by atoms with Gasteiger partial charge in [-0.15, -0.1) is 0 Å². The maximum absolute atomic E-state index is 13.7. The second kappa shape index (κ2) is 5.78. The van der Waals surface area contributed by atoms with Crippen LogP contribution in [0.15, 0.2) is 12.3 Å². The fourth-order valence-corrected chi connectivity index (χ4v) is 1.17. The molecule has 92 valence electrons. The summed E-state index contributed by atoms with van der Waals surface area (Å²) < 4.78 is 13.7. The number of pyridine rings is 1. The molecule has 1 rings (SSSR count). The van der Waals surface area contributed by atoms with Crippen LogP contribution in [0.4, 0.5) is 10.2 Å². The first-order valence-corrected chi connectivity index (χ1v) is 5.01. The number of carbonyl (C=O) groups excluding carboxylic acids is 2. The van der Waals surface area contributed by atoms with E-state index in [1.807, 2.05) is 0 Å². The van der Waals surface area contributed by atoms with Crippen LogP contribution >= 0.6 is 0 Å². The Labute approximate surface area is 97.4 Å². The van der Waals surface area contributed by atoms with E-state index in [-0.39, 0.29) is 17.9 Å². The van der Waals surface area contributed by atoms with Crippen LogP contribution in [0.3, 0.4) is 0 Å². The molecule has 7 heteroatoms. The fraction of sp³-hybridized carbons (Fsp3) is 0.300. The number of hydrogen-bond acceptors (Lipinski definition) is 4. The van der Waals surface area contributed by atoms with Gasteiger partial charge in [-0.05, 0) is 13.0 Å². The third kappa shape index (κ3) is 3.40. The summed E-state index contributed by atoms with van der Waals surface area (Å²) in [6.07, 6.45) is 1.31. The highest BCUT2D eigenvalue weighted by molar-refractivity contribution is 5.97. The molecule has 2 amide bonds. The van der Waals surface area contributed by atoms with E-state index in [4.69, 9.17) is 5.73 Å². The SMILES string of the molecule is CCNc1nccc(C(=O)NCC(N)=O)c1F. The second-order valence-corrected chi connectivity index (χ2v) is 3.20. The van der Waals surface area contributed by atoms with E-state index in [1.54, 1.807) is 6.92 Å². The van der Waals surface area contributed by atoms with Gasteiger partial charge in [0.2, 0.25) is 5.91 Å². The highest BCUT2D eigenvalue weighted by atomic mass is 19.1. The van der Waals surface area contributed by atoms with Crippen molar-refractivity contribution in [3.05, 3.63) is 23.6 Å². The van der Waals surface area contributed by atoms with Crippen molar-refractivity contribution in [2.75, 3.05) is 18.4 Å². The first-order chi connectivity index (χ1) is 8.06. The third-order valence-corrected chi connectivity index (χ3v) is 1.90. The number of aromatic nitrogens is 1. The molecule has 1 aromatic rings. The van der Waals surface area contributed by atoms with Gasteiger partial charge in [0.25, 0.3) is 5.91 Å². The number of amides is 2. The van der Waals surface area contributed by atoms with Crippen molar-refractivity contribution < 1.29 is 14.0 Å². The Kier molecular flexibility index (Phi) is 4.38. The summed E-state index contributed by atoms with van der Waals surface area (Å²) in [4.78, 5) is 25.7. The molecular weight excluding hydrogens is 227 g/mol. The predicted molar refractivity (Wildman–Crippen MR) is 59.9 cm³/mol. The van der Waals surface area contributed by atoms with Crippen LogP contribution in [0.1, 0.15) is 17.3 Å². The first kappa shape index (κ1) is 12.9. The lowest BCUT2D eigenvalue weighted by atomic mass is 10.2. The molecular formula is C10H13FN4O2. The summed E-state index contributed by atoms with van der Waals surface area (Å²) in [5.74, 6) is -2.15. The number of anilines is 1. The lowest BCUT2D eigenvalue weighted by Crippen LogP contribution is -2.33. The van der Waals surface area contributed by atoms with Crippen molar-refractivity contribution in [3.63, 3.8) is 0 Å². The van der Waals surface area contributed by atoms with E-state index in [0.717, 1.165) is 0 Å². The van der Waals surface area contributed by atoms with Gasteiger partial charge in [0, 0.05) is 12.7 Å². The lowest BCUT2D eigenvalue weighted by molar-refractivity contribution is -0.117. The van der Waals surface area contributed by atoms with Crippen LogP contribution in [0, 0.1) is 5.82 Å². The van der Waals surface area contributed by atoms with E-state index >= 15 is 0 Å². The zero-order chi connectivity index (χ0) is 12.8. The van der Waals surface area contributed by atoms with Crippen molar-refractivity contribution >= 4 is 17.6 Å². The second-order valence-electron chi connectivity index (χ2n) is 3.20. The Hall–Kier alpha value is -2.18. The molecule has 0 atom stereocenters. The minimum Gasteiger partial charge on any atom is -0.368 e. The molecule has 0 radical (unpaired) electrons. The molecule has 4 N–H and O–H groups in total. The van der Waals surface area contributed by atoms with E-state index in [9.17, 15) is 14.0 Å². The Bertz CT molecular complexity index is 436. The van der Waals surface area contributed by atoms with E-state index in [2.05, 4.69) is 15.6 Å². The summed E-state index contributed by atoms with van der Waals surface area (Å²) in [7, 11) is 0. The van der Waals surface area contributed by atoms with Crippen LogP contribution in [0.5, 0.6) is 0 Å². The quantitative estimate of drug-likeness (QED) is 0.667. The number of nitrogens with one attached hydrogen (secondary N) is 2. The Morgan fingerprint density at radius 3 is 2.82 bits per heavy atom. The summed E-state index contributed by atoms with van der Waals surface area (Å²) in [5, 5.41) is 4.88. The van der Waals surface area contributed by atoms with Crippen molar-refractivity contribution in [1.82, 2.24) is 10.3 Å². The van der Waals surface area contributed by atoms with Gasteiger partial charge in [0.1, 0.15) is 0 Å². The summed E-state index contributed by atoms with van der Waals surface area (Å²) in [6.45, 7) is 1.92. The summed E-state index contributed by atoms with van der Waals surface area (Å²) in [5.41, 5.74) is 4.68. The molecule has 1 aromatic heterocycles. The highest BCUT2D eigenvalue weighted by Crippen LogP contribution is 2.14. The molecule has 0 aromatic carbocycles. The number of carbonyl (C=O) groups is 2. The van der Waals surface area contributed by atoms with Crippen molar-refractivity contribution in [1.29, 1.82) is 0 Å². The smallest absolute Gasteiger partial charge is 0.254 e. The molecule has 0 unspecified atom stereocenters. The summed E-state index contributed by atoms with van der Waals surface area (Å²) in [6, 6.07) is 1.23. The van der Waals surface area contributed by atoms with E-state index < -0.39 is 17.6 Å². The number of primary amides is 1. The van der Waals surface area contributed by atoms with Crippen LogP contribution in [0.25, 0.3) is 0 Å². The van der Waals surface area contributed by atoms with Crippen molar-refractivity contribution in [2.45, 2.75) is 6.92 Å². The highest BCUT2D eigenvalue weighted by Gasteiger charge is 2.15. The molecule has 0 aliphatic heterocycles. The fourth-order valence-electron chi connectivity index (χ4n) is 1.17. The maximum Gasteiger partial charge on any atom is 0.254 e. The molecule has 6 nitrogen and oxygen atoms in total. The monoisotopic (exact) mass is 240 g/mol. The van der Waals surface area contributed by atoms with Crippen LogP contribution in [-0.2, 0) is 4.79 Å². The van der Waals surface area contributed by atoms with Crippen molar-refractivity contribution in [3.8, 4) is 0 Å². The van der Waals surface area contributed by atoms with E-state index in [1.165, 1.54) is 12.3 Å². The van der Waals surface area contributed by atoms with Gasteiger partial charge in [-0.1, -0.05) is 0 Å². The van der Waals surface area contributed by atoms with Gasteiger partial charge in [-0.3, -0.25) is 9.59 Å². The van der Waals surface area contributed by atoms with Gasteiger partial charge in [0.15, 0.2) is 11.6 Å². The lowest BCUT2D eigenvalue weighted by Gasteiger charge is -2.08. The predicted octanol–water partition coefficient (Wildman–Crippen LogP) is -0.132. The van der Waals surface area contributed by atoms with Gasteiger partial charge >= 0.3 is 0 Å². The average Bonchev–Trinajstić information content (AvgIpc) is 2.29. The Balaban J connectivity index is 2.86.